The van der Waals surface area contributed by atoms with Gasteiger partial charge >= 0.3 is 0 Å². The van der Waals surface area contributed by atoms with E-state index in [0.717, 1.165) is 61.7 Å². The fraction of sp³-hybridized carbons (Fsp3) is 0.0192. The molecule has 1 atom stereocenters. The molecule has 0 spiro atoms. The summed E-state index contributed by atoms with van der Waals surface area (Å²) in [5, 5.41) is 11.2. The Morgan fingerprint density at radius 1 is 0.439 bits per heavy atom. The molecule has 2 aromatic heterocycles. The lowest BCUT2D eigenvalue weighted by atomic mass is 9.98. The summed E-state index contributed by atoms with van der Waals surface area (Å²) in [7, 11) is 0. The van der Waals surface area contributed by atoms with Crippen LogP contribution in [0.4, 0.5) is 17.1 Å². The van der Waals surface area contributed by atoms with Gasteiger partial charge in [0, 0.05) is 51.1 Å². The number of fused-ring (bicyclic) bond motifs is 7. The smallest absolute Gasteiger partial charge is 0.160 e. The summed E-state index contributed by atoms with van der Waals surface area (Å²) in [6.07, 6.45) is 3.77. The highest BCUT2D eigenvalue weighted by Gasteiger charge is 2.35. The molecule has 0 aliphatic carbocycles. The van der Waals surface area contributed by atoms with Gasteiger partial charge in [0.25, 0.3) is 0 Å². The van der Waals surface area contributed by atoms with Gasteiger partial charge in [-0.3, -0.25) is 4.98 Å². The molecule has 5 nitrogen and oxygen atoms in total. The number of aromatic nitrogens is 3. The third-order valence-corrected chi connectivity index (χ3v) is 11.2. The fourth-order valence-electron chi connectivity index (χ4n) is 8.44. The van der Waals surface area contributed by atoms with Crippen LogP contribution in [-0.2, 0) is 0 Å². The van der Waals surface area contributed by atoms with Gasteiger partial charge < -0.3 is 10.2 Å². The van der Waals surface area contributed by atoms with E-state index < -0.39 is 0 Å². The zero-order chi connectivity index (χ0) is 37.7. The van der Waals surface area contributed by atoms with Gasteiger partial charge in [-0.15, -0.1) is 0 Å². The van der Waals surface area contributed by atoms with Crippen molar-refractivity contribution in [2.24, 2.45) is 0 Å². The van der Waals surface area contributed by atoms with Crippen LogP contribution in [0.3, 0.4) is 0 Å². The molecule has 0 saturated heterocycles. The average molecular weight is 730 g/mol. The third-order valence-electron chi connectivity index (χ3n) is 11.2. The second kappa shape index (κ2) is 13.6. The summed E-state index contributed by atoms with van der Waals surface area (Å²) < 4.78 is 0. The molecule has 0 saturated carbocycles. The van der Waals surface area contributed by atoms with Crippen molar-refractivity contribution in [2.75, 3.05) is 10.2 Å². The number of hydrogen-bond acceptors (Lipinski definition) is 5. The van der Waals surface area contributed by atoms with Crippen LogP contribution in [-0.4, -0.2) is 15.0 Å². The van der Waals surface area contributed by atoms with Crippen LogP contribution in [0.15, 0.2) is 200 Å². The lowest BCUT2D eigenvalue weighted by Gasteiger charge is -2.29. The molecule has 1 aliphatic heterocycles. The van der Waals surface area contributed by atoms with Crippen LogP contribution in [0.2, 0.25) is 0 Å². The number of hydrogen-bond donors (Lipinski definition) is 1. The van der Waals surface area contributed by atoms with Gasteiger partial charge in [0.2, 0.25) is 0 Å². The molecule has 10 aromatic rings. The minimum atomic E-state index is -0.139. The Bertz CT molecular complexity index is 3030. The highest BCUT2D eigenvalue weighted by atomic mass is 15.3. The number of pyridine rings is 1. The first-order valence-electron chi connectivity index (χ1n) is 19.3. The van der Waals surface area contributed by atoms with E-state index >= 15 is 0 Å². The molecule has 3 heterocycles. The van der Waals surface area contributed by atoms with Crippen LogP contribution in [0, 0.1) is 0 Å². The monoisotopic (exact) mass is 729 g/mol. The van der Waals surface area contributed by atoms with E-state index in [1.165, 1.54) is 32.5 Å². The first-order valence-corrected chi connectivity index (χ1v) is 19.3. The summed E-state index contributed by atoms with van der Waals surface area (Å²) in [5.74, 6) is 0.711. The van der Waals surface area contributed by atoms with Gasteiger partial charge in [0.15, 0.2) is 5.82 Å². The van der Waals surface area contributed by atoms with Gasteiger partial charge in [0.05, 0.1) is 22.8 Å². The Morgan fingerprint density at radius 2 is 1.00 bits per heavy atom. The van der Waals surface area contributed by atoms with Gasteiger partial charge in [-0.25, -0.2) is 9.97 Å². The lowest BCUT2D eigenvalue weighted by molar-refractivity contribution is 0.838. The molecule has 0 amide bonds. The minimum absolute atomic E-state index is 0.139. The Morgan fingerprint density at radius 3 is 1.74 bits per heavy atom. The highest BCUT2D eigenvalue weighted by Crippen LogP contribution is 2.53. The zero-order valence-electron chi connectivity index (χ0n) is 30.9. The Labute approximate surface area is 330 Å². The van der Waals surface area contributed by atoms with Crippen molar-refractivity contribution < 1.29 is 0 Å². The molecule has 57 heavy (non-hydrogen) atoms. The number of nitrogens with one attached hydrogen (secondary N) is 1. The molecule has 1 N–H and O–H groups in total. The normalized spacial score (nSPS) is 13.5. The molecule has 0 radical (unpaired) electrons. The van der Waals surface area contributed by atoms with Crippen LogP contribution < -0.4 is 10.2 Å². The predicted octanol–water partition coefficient (Wildman–Crippen LogP) is 13.3. The molecule has 8 aromatic carbocycles. The van der Waals surface area contributed by atoms with E-state index in [4.69, 9.17) is 9.97 Å². The molecule has 5 heteroatoms. The van der Waals surface area contributed by atoms with E-state index in [1.54, 1.807) is 0 Å². The summed E-state index contributed by atoms with van der Waals surface area (Å²) >= 11 is 0. The van der Waals surface area contributed by atoms with Crippen molar-refractivity contribution >= 4 is 49.4 Å². The maximum absolute atomic E-state index is 5.04. The molecule has 0 fully saturated rings. The molecule has 268 valence electrons. The SMILES string of the molecule is c1ccc(-c2cc(-c3ccc(-c4ccc(N5c6c(c7ccccc7c7ccncc67)NC5c5cccc6ccccc56)cc4)cc3)nc(-c3ccccc3)n2)cc1. The number of anilines is 3. The van der Waals surface area contributed by atoms with Gasteiger partial charge in [0.1, 0.15) is 6.17 Å². The van der Waals surface area contributed by atoms with Crippen molar-refractivity contribution in [3.63, 3.8) is 0 Å². The van der Waals surface area contributed by atoms with E-state index in [9.17, 15) is 0 Å². The predicted molar refractivity (Wildman–Crippen MR) is 235 cm³/mol. The summed E-state index contributed by atoms with van der Waals surface area (Å²) in [6, 6.07) is 66.3. The first-order chi connectivity index (χ1) is 28.3. The Balaban J connectivity index is 0.993. The van der Waals surface area contributed by atoms with Crippen molar-refractivity contribution in [3.05, 3.63) is 206 Å². The summed E-state index contributed by atoms with van der Waals surface area (Å²) in [4.78, 5) is 17.1. The van der Waals surface area contributed by atoms with Crippen molar-refractivity contribution in [2.45, 2.75) is 6.17 Å². The number of nitrogens with zero attached hydrogens (tertiary/aromatic N) is 4. The van der Waals surface area contributed by atoms with Crippen molar-refractivity contribution in [3.8, 4) is 45.0 Å². The molecular weight excluding hydrogens is 695 g/mol. The number of benzene rings is 8. The van der Waals surface area contributed by atoms with Gasteiger partial charge in [-0.2, -0.15) is 0 Å². The molecule has 11 rings (SSSR count). The van der Waals surface area contributed by atoms with E-state index in [0.29, 0.717) is 5.82 Å². The zero-order valence-corrected chi connectivity index (χ0v) is 30.9. The van der Waals surface area contributed by atoms with Crippen LogP contribution in [0.25, 0.3) is 77.3 Å². The van der Waals surface area contributed by atoms with Gasteiger partial charge in [-0.1, -0.05) is 164 Å². The maximum Gasteiger partial charge on any atom is 0.160 e. The summed E-state index contributed by atoms with van der Waals surface area (Å²) in [5.41, 5.74) is 11.7. The van der Waals surface area contributed by atoms with E-state index in [1.807, 2.05) is 48.8 Å². The Kier molecular flexibility index (Phi) is 7.81. The van der Waals surface area contributed by atoms with Crippen LogP contribution in [0.5, 0.6) is 0 Å². The molecule has 0 bridgehead atoms. The van der Waals surface area contributed by atoms with Crippen molar-refractivity contribution in [1.29, 1.82) is 0 Å². The average Bonchev–Trinajstić information content (AvgIpc) is 3.70. The molecule has 1 unspecified atom stereocenters. The molecule has 1 aliphatic rings. The first kappa shape index (κ1) is 32.8. The largest absolute Gasteiger partial charge is 0.359 e. The summed E-state index contributed by atoms with van der Waals surface area (Å²) in [6.45, 7) is 0. The molecular formula is C52H35N5. The lowest BCUT2D eigenvalue weighted by Crippen LogP contribution is -2.23. The third kappa shape index (κ3) is 5.68. The standard InChI is InChI=1S/C52H35N5/c1-3-13-37(14-4-1)47-32-48(55-51(54-47)39-15-5-2-6-16-39)38-24-22-34(23-25-38)35-26-28-40(29-27-35)57-50-46-33-53-31-30-43(46)42-19-9-10-20-44(42)49(50)56-52(57)45-21-11-17-36-12-7-8-18-41(36)45/h1-33,52,56H. The second-order valence-electron chi connectivity index (χ2n) is 14.5. The highest BCUT2D eigenvalue weighted by molar-refractivity contribution is 6.22. The number of rotatable bonds is 6. The quantitative estimate of drug-likeness (QED) is 0.173. The van der Waals surface area contributed by atoms with E-state index in [2.05, 4.69) is 167 Å². The van der Waals surface area contributed by atoms with Gasteiger partial charge in [-0.05, 0) is 56.9 Å². The van der Waals surface area contributed by atoms with Crippen molar-refractivity contribution in [1.82, 2.24) is 15.0 Å². The fourth-order valence-corrected chi connectivity index (χ4v) is 8.44. The van der Waals surface area contributed by atoms with Crippen LogP contribution in [0.1, 0.15) is 11.7 Å². The second-order valence-corrected chi connectivity index (χ2v) is 14.5. The minimum Gasteiger partial charge on any atom is -0.359 e. The topological polar surface area (TPSA) is 53.9 Å². The van der Waals surface area contributed by atoms with Crippen LogP contribution >= 0.6 is 0 Å². The maximum atomic E-state index is 5.04. The Hall–Kier alpha value is -7.63. The van der Waals surface area contributed by atoms with E-state index in [-0.39, 0.29) is 6.17 Å².